The predicted octanol–water partition coefficient (Wildman–Crippen LogP) is 4.81. The van der Waals surface area contributed by atoms with Crippen molar-refractivity contribution in [2.45, 2.75) is 52.8 Å². The number of nitrogens with zero attached hydrogens (tertiary/aromatic N) is 1. The third-order valence-electron chi connectivity index (χ3n) is 5.36. The first-order chi connectivity index (χ1) is 15.4. The average molecular weight is 470 g/mol. The Labute approximate surface area is 192 Å². The SMILES string of the molecule is CCN1C(C)=C(C(=O)OCCOC)C(c2ccc(C(F)(F)F)cc2)C(C(=O)OC(C)C)=C1C. The van der Waals surface area contributed by atoms with Crippen molar-refractivity contribution in [3.63, 3.8) is 0 Å². The molecule has 1 heterocycles. The van der Waals surface area contributed by atoms with Gasteiger partial charge in [-0.15, -0.1) is 0 Å². The van der Waals surface area contributed by atoms with Gasteiger partial charge in [-0.2, -0.15) is 13.2 Å². The third-order valence-corrected chi connectivity index (χ3v) is 5.36. The quantitative estimate of drug-likeness (QED) is 0.402. The minimum atomic E-state index is -4.51. The Bertz CT molecular complexity index is 932. The van der Waals surface area contributed by atoms with E-state index in [0.29, 0.717) is 23.5 Å². The van der Waals surface area contributed by atoms with Crippen LogP contribution in [-0.4, -0.2) is 49.8 Å². The molecule has 0 spiro atoms. The van der Waals surface area contributed by atoms with Crippen molar-refractivity contribution >= 4 is 11.9 Å². The highest BCUT2D eigenvalue weighted by Crippen LogP contribution is 2.43. The first-order valence-corrected chi connectivity index (χ1v) is 10.7. The molecule has 0 radical (unpaired) electrons. The maximum Gasteiger partial charge on any atom is 0.416 e. The van der Waals surface area contributed by atoms with Crippen molar-refractivity contribution in [2.24, 2.45) is 0 Å². The van der Waals surface area contributed by atoms with E-state index in [1.165, 1.54) is 19.2 Å². The van der Waals surface area contributed by atoms with Crippen LogP contribution >= 0.6 is 0 Å². The fourth-order valence-electron chi connectivity index (χ4n) is 3.88. The fourth-order valence-corrected chi connectivity index (χ4v) is 3.88. The van der Waals surface area contributed by atoms with Gasteiger partial charge in [0.15, 0.2) is 0 Å². The molecule has 0 fully saturated rings. The van der Waals surface area contributed by atoms with Crippen LogP contribution in [0.15, 0.2) is 46.8 Å². The van der Waals surface area contributed by atoms with Crippen LogP contribution in [0.3, 0.4) is 0 Å². The average Bonchev–Trinajstić information content (AvgIpc) is 2.72. The van der Waals surface area contributed by atoms with Gasteiger partial charge < -0.3 is 19.1 Å². The fraction of sp³-hybridized carbons (Fsp3) is 0.500. The normalized spacial score (nSPS) is 17.0. The Morgan fingerprint density at radius 3 is 2.00 bits per heavy atom. The molecule has 33 heavy (non-hydrogen) atoms. The molecule has 0 bridgehead atoms. The Morgan fingerprint density at radius 1 is 1.00 bits per heavy atom. The van der Waals surface area contributed by atoms with Crippen molar-refractivity contribution in [1.82, 2.24) is 4.90 Å². The van der Waals surface area contributed by atoms with Crippen LogP contribution in [0.1, 0.15) is 51.7 Å². The standard InChI is InChI=1S/C24H30F3NO5/c1-7-28-15(4)19(22(29)32-13-12-31-6)21(20(16(28)5)23(30)33-14(2)3)17-8-10-18(11-9-17)24(25,26)27/h8-11,14,21H,7,12-13H2,1-6H3. The van der Waals surface area contributed by atoms with E-state index in [2.05, 4.69) is 0 Å². The Kier molecular flexibility index (Phi) is 8.71. The van der Waals surface area contributed by atoms with Crippen LogP contribution in [0, 0.1) is 0 Å². The highest BCUT2D eigenvalue weighted by molar-refractivity contribution is 6.00. The molecule has 1 aromatic rings. The number of rotatable bonds is 8. The molecular weight excluding hydrogens is 439 g/mol. The van der Waals surface area contributed by atoms with Crippen molar-refractivity contribution in [3.05, 3.63) is 57.9 Å². The number of alkyl halides is 3. The summed E-state index contributed by atoms with van der Waals surface area (Å²) in [6.07, 6.45) is -4.94. The lowest BCUT2D eigenvalue weighted by Crippen LogP contribution is -2.36. The summed E-state index contributed by atoms with van der Waals surface area (Å²) in [5, 5.41) is 0. The molecule has 2 rings (SSSR count). The first-order valence-electron chi connectivity index (χ1n) is 10.7. The van der Waals surface area contributed by atoms with Gasteiger partial charge in [-0.25, -0.2) is 9.59 Å². The van der Waals surface area contributed by atoms with Crippen molar-refractivity contribution in [2.75, 3.05) is 26.9 Å². The number of halogens is 3. The maximum absolute atomic E-state index is 13.1. The van der Waals surface area contributed by atoms with E-state index >= 15 is 0 Å². The monoisotopic (exact) mass is 469 g/mol. The minimum absolute atomic E-state index is 0.00750. The number of esters is 2. The number of hydrogen-bond acceptors (Lipinski definition) is 6. The van der Waals surface area contributed by atoms with Crippen LogP contribution in [0.5, 0.6) is 0 Å². The maximum atomic E-state index is 13.1. The number of benzene rings is 1. The molecular formula is C24H30F3NO5. The van der Waals surface area contributed by atoms with Gasteiger partial charge in [0, 0.05) is 25.0 Å². The highest BCUT2D eigenvalue weighted by Gasteiger charge is 2.41. The van der Waals surface area contributed by atoms with E-state index in [1.54, 1.807) is 32.6 Å². The lowest BCUT2D eigenvalue weighted by atomic mass is 9.79. The molecule has 1 atom stereocenters. The van der Waals surface area contributed by atoms with Crippen LogP contribution in [0.4, 0.5) is 13.2 Å². The molecule has 0 saturated carbocycles. The number of carbonyl (C=O) groups excluding carboxylic acids is 2. The number of ether oxygens (including phenoxy) is 3. The van der Waals surface area contributed by atoms with Crippen LogP contribution < -0.4 is 0 Å². The summed E-state index contributed by atoms with van der Waals surface area (Å²) in [6.45, 7) is 9.35. The topological polar surface area (TPSA) is 65.1 Å². The molecule has 9 heteroatoms. The molecule has 0 amide bonds. The number of allylic oxidation sites excluding steroid dienone is 2. The van der Waals surface area contributed by atoms with Crippen LogP contribution in [0.25, 0.3) is 0 Å². The van der Waals surface area contributed by atoms with Gasteiger partial charge in [0.25, 0.3) is 0 Å². The van der Waals surface area contributed by atoms with Gasteiger partial charge in [0.2, 0.25) is 0 Å². The predicted molar refractivity (Wildman–Crippen MR) is 116 cm³/mol. The van der Waals surface area contributed by atoms with Gasteiger partial charge >= 0.3 is 18.1 Å². The summed E-state index contributed by atoms with van der Waals surface area (Å²) in [5.74, 6) is -2.26. The van der Waals surface area contributed by atoms with E-state index in [9.17, 15) is 22.8 Å². The molecule has 1 aliphatic heterocycles. The lowest BCUT2D eigenvalue weighted by Gasteiger charge is -2.37. The molecule has 1 aromatic carbocycles. The largest absolute Gasteiger partial charge is 0.460 e. The van der Waals surface area contributed by atoms with Crippen LogP contribution in [-0.2, 0) is 30.0 Å². The second-order valence-electron chi connectivity index (χ2n) is 7.88. The minimum Gasteiger partial charge on any atom is -0.460 e. The van der Waals surface area contributed by atoms with E-state index in [0.717, 1.165) is 12.1 Å². The molecule has 0 saturated heterocycles. The summed E-state index contributed by atoms with van der Waals surface area (Å²) >= 11 is 0. The van der Waals surface area contributed by atoms with E-state index in [1.807, 2.05) is 6.92 Å². The zero-order valence-corrected chi connectivity index (χ0v) is 19.7. The Hall–Kier alpha value is -2.81. The third kappa shape index (κ3) is 5.96. The first kappa shape index (κ1) is 26.4. The second kappa shape index (κ2) is 10.9. The Morgan fingerprint density at radius 2 is 1.55 bits per heavy atom. The summed E-state index contributed by atoms with van der Waals surface area (Å²) in [7, 11) is 1.47. The smallest absolute Gasteiger partial charge is 0.416 e. The summed E-state index contributed by atoms with van der Waals surface area (Å²) in [5.41, 5.74) is 1.02. The van der Waals surface area contributed by atoms with Crippen molar-refractivity contribution in [3.8, 4) is 0 Å². The van der Waals surface area contributed by atoms with E-state index < -0.39 is 35.7 Å². The molecule has 6 nitrogen and oxygen atoms in total. The lowest BCUT2D eigenvalue weighted by molar-refractivity contribution is -0.143. The van der Waals surface area contributed by atoms with Gasteiger partial charge in [-0.3, -0.25) is 0 Å². The summed E-state index contributed by atoms with van der Waals surface area (Å²) in [6, 6.07) is 4.43. The molecule has 182 valence electrons. The second-order valence-corrected chi connectivity index (χ2v) is 7.88. The van der Waals surface area contributed by atoms with E-state index in [4.69, 9.17) is 14.2 Å². The van der Waals surface area contributed by atoms with Gasteiger partial charge in [-0.1, -0.05) is 12.1 Å². The number of hydrogen-bond donors (Lipinski definition) is 0. The Balaban J connectivity index is 2.68. The zero-order valence-electron chi connectivity index (χ0n) is 19.7. The summed E-state index contributed by atoms with van der Waals surface area (Å²) in [4.78, 5) is 28.1. The summed E-state index contributed by atoms with van der Waals surface area (Å²) < 4.78 is 55.1. The van der Waals surface area contributed by atoms with Crippen LogP contribution in [0.2, 0.25) is 0 Å². The molecule has 0 aliphatic carbocycles. The molecule has 1 unspecified atom stereocenters. The van der Waals surface area contributed by atoms with Gasteiger partial charge in [0.05, 0.1) is 35.3 Å². The molecule has 1 aliphatic rings. The number of methoxy groups -OCH3 is 1. The van der Waals surface area contributed by atoms with Crippen molar-refractivity contribution < 1.29 is 37.0 Å². The van der Waals surface area contributed by atoms with E-state index in [-0.39, 0.29) is 24.4 Å². The zero-order chi connectivity index (χ0) is 24.9. The molecule has 0 aromatic heterocycles. The molecule has 0 N–H and O–H groups in total. The van der Waals surface area contributed by atoms with Gasteiger partial charge in [0.1, 0.15) is 6.61 Å². The van der Waals surface area contributed by atoms with Gasteiger partial charge in [-0.05, 0) is 52.3 Å². The number of carbonyl (C=O) groups is 2. The highest BCUT2D eigenvalue weighted by atomic mass is 19.4. The van der Waals surface area contributed by atoms with Crippen molar-refractivity contribution in [1.29, 1.82) is 0 Å².